The zero-order valence-electron chi connectivity index (χ0n) is 6.15. The third-order valence-corrected chi connectivity index (χ3v) is 2.52. The molecule has 0 radical (unpaired) electrons. The Hall–Kier alpha value is 0.0649. The van der Waals surface area contributed by atoms with Gasteiger partial charge in [0, 0.05) is 0 Å². The van der Waals surface area contributed by atoms with Crippen molar-refractivity contribution in [3.05, 3.63) is 0 Å². The van der Waals surface area contributed by atoms with Gasteiger partial charge in [-0.15, -0.1) is 0 Å². The average Bonchev–Trinajstić information content (AvgIpc) is 1.85. The van der Waals surface area contributed by atoms with E-state index in [0.29, 0.717) is 0 Å². The van der Waals surface area contributed by atoms with Gasteiger partial charge in [0.25, 0.3) is 0 Å². The van der Waals surface area contributed by atoms with Crippen LogP contribution in [0, 0.1) is 11.8 Å². The second-order valence-electron chi connectivity index (χ2n) is 3.53. The summed E-state index contributed by atoms with van der Waals surface area (Å²) in [5.41, 5.74) is 0. The first-order chi connectivity index (χ1) is 3.70. The van der Waals surface area contributed by atoms with Crippen LogP contribution < -0.4 is 0 Å². The molecule has 0 N–H and O–H groups in total. The maximum Gasteiger partial charge on any atom is 0.105 e. The van der Waals surface area contributed by atoms with E-state index in [4.69, 9.17) is 0 Å². The van der Waals surface area contributed by atoms with E-state index in [-0.39, 0.29) is 0 Å². The van der Waals surface area contributed by atoms with E-state index in [0.717, 1.165) is 17.7 Å². The van der Waals surface area contributed by atoms with Gasteiger partial charge >= 0.3 is 0 Å². The first kappa shape index (κ1) is 6.19. The molecule has 0 aliphatic heterocycles. The van der Waals surface area contributed by atoms with Gasteiger partial charge in [0.1, 0.15) is 7.85 Å². The van der Waals surface area contributed by atoms with Crippen LogP contribution in [0.5, 0.6) is 0 Å². The molecule has 0 aromatic carbocycles. The van der Waals surface area contributed by atoms with Crippen molar-refractivity contribution in [3.63, 3.8) is 0 Å². The highest BCUT2D eigenvalue weighted by Gasteiger charge is 2.24. The quantitative estimate of drug-likeness (QED) is 0.414. The van der Waals surface area contributed by atoms with Gasteiger partial charge in [-0.1, -0.05) is 26.1 Å². The molecule has 0 spiro atoms. The Morgan fingerprint density at radius 3 is 2.00 bits per heavy atom. The maximum absolute atomic E-state index is 2.37. The second kappa shape index (κ2) is 2.12. The summed E-state index contributed by atoms with van der Waals surface area (Å²) >= 11 is 0. The van der Waals surface area contributed by atoms with E-state index in [2.05, 4.69) is 21.7 Å². The van der Waals surface area contributed by atoms with E-state index < -0.39 is 0 Å². The Kier molecular flexibility index (Phi) is 1.64. The molecule has 3 unspecified atom stereocenters. The normalized spacial score (nSPS) is 47.5. The minimum Gasteiger partial charge on any atom is -0.0669 e. The molecule has 3 atom stereocenters. The molecule has 0 saturated heterocycles. The summed E-state index contributed by atoms with van der Waals surface area (Å²) in [6, 6.07) is 0. The number of rotatable bonds is 0. The smallest absolute Gasteiger partial charge is 0.0669 e. The molecule has 1 rings (SSSR count). The van der Waals surface area contributed by atoms with Gasteiger partial charge in [0.05, 0.1) is 0 Å². The van der Waals surface area contributed by atoms with E-state index in [1.807, 2.05) is 0 Å². The lowest BCUT2D eigenvalue weighted by atomic mass is 9.80. The Bertz CT molecular complexity index is 70.5. The number of hydrogen-bond donors (Lipinski definition) is 0. The lowest BCUT2D eigenvalue weighted by Gasteiger charge is -2.04. The van der Waals surface area contributed by atoms with Crippen molar-refractivity contribution >= 4 is 7.85 Å². The summed E-state index contributed by atoms with van der Waals surface area (Å²) in [5.74, 6) is 2.98. The lowest BCUT2D eigenvalue weighted by Crippen LogP contribution is -1.93. The molecule has 1 heteroatoms. The molecule has 1 saturated carbocycles. The van der Waals surface area contributed by atoms with Gasteiger partial charge < -0.3 is 0 Å². The Labute approximate surface area is 53.1 Å². The van der Waals surface area contributed by atoms with Crippen molar-refractivity contribution < 1.29 is 0 Å². The molecule has 0 heterocycles. The van der Waals surface area contributed by atoms with E-state index in [1.54, 1.807) is 0 Å². The molecule has 0 aromatic rings. The minimum atomic E-state index is 0.991. The molecule has 1 aliphatic rings. The Morgan fingerprint density at radius 1 is 1.25 bits per heavy atom. The molecule has 0 amide bonds. The molecule has 46 valence electrons. The van der Waals surface area contributed by atoms with Crippen LogP contribution in [0.15, 0.2) is 0 Å². The Morgan fingerprint density at radius 2 is 1.88 bits per heavy atom. The van der Waals surface area contributed by atoms with Crippen LogP contribution in [0.3, 0.4) is 0 Å². The summed E-state index contributed by atoms with van der Waals surface area (Å²) in [4.78, 5) is 0. The van der Waals surface area contributed by atoms with Crippen molar-refractivity contribution in [2.24, 2.45) is 11.8 Å². The van der Waals surface area contributed by atoms with Crippen LogP contribution >= 0.6 is 0 Å². The van der Waals surface area contributed by atoms with Crippen molar-refractivity contribution in [1.82, 2.24) is 0 Å². The van der Waals surface area contributed by atoms with E-state index >= 15 is 0 Å². The predicted molar refractivity (Wildman–Crippen MR) is 39.9 cm³/mol. The molecule has 1 fully saturated rings. The van der Waals surface area contributed by atoms with Gasteiger partial charge in [-0.25, -0.2) is 0 Å². The highest BCUT2D eigenvalue weighted by atomic mass is 14.3. The first-order valence-corrected chi connectivity index (χ1v) is 3.70. The van der Waals surface area contributed by atoms with Crippen molar-refractivity contribution in [2.75, 3.05) is 0 Å². The van der Waals surface area contributed by atoms with Gasteiger partial charge in [-0.2, -0.15) is 0 Å². The van der Waals surface area contributed by atoms with Crippen LogP contribution in [0.4, 0.5) is 0 Å². The van der Waals surface area contributed by atoms with Gasteiger partial charge in [-0.3, -0.25) is 0 Å². The van der Waals surface area contributed by atoms with Gasteiger partial charge in [0.2, 0.25) is 0 Å². The summed E-state index contributed by atoms with van der Waals surface area (Å²) < 4.78 is 0. The fourth-order valence-electron chi connectivity index (χ4n) is 1.83. The zero-order chi connectivity index (χ0) is 6.15. The first-order valence-electron chi connectivity index (χ1n) is 3.70. The van der Waals surface area contributed by atoms with Crippen LogP contribution in [-0.2, 0) is 0 Å². The molecule has 0 aromatic heterocycles. The summed E-state index contributed by atoms with van der Waals surface area (Å²) in [6.07, 6.45) is 2.92. The van der Waals surface area contributed by atoms with E-state index in [9.17, 15) is 0 Å². The summed E-state index contributed by atoms with van der Waals surface area (Å²) in [7, 11) is 2.37. The summed E-state index contributed by atoms with van der Waals surface area (Å²) in [5, 5.41) is 0. The van der Waals surface area contributed by atoms with E-state index in [1.165, 1.54) is 12.8 Å². The van der Waals surface area contributed by atoms with Crippen molar-refractivity contribution in [1.29, 1.82) is 0 Å². The van der Waals surface area contributed by atoms with Crippen molar-refractivity contribution in [2.45, 2.75) is 32.5 Å². The largest absolute Gasteiger partial charge is 0.105 e. The van der Waals surface area contributed by atoms with Crippen LogP contribution in [-0.4, -0.2) is 7.85 Å². The third-order valence-electron chi connectivity index (χ3n) is 2.52. The predicted octanol–water partition coefficient (Wildman–Crippen LogP) is 1.47. The topological polar surface area (TPSA) is 0 Å². The highest BCUT2D eigenvalue weighted by molar-refractivity contribution is 6.11. The van der Waals surface area contributed by atoms with Crippen LogP contribution in [0.25, 0.3) is 0 Å². The fraction of sp³-hybridized carbons (Fsp3) is 1.00. The molecule has 1 aliphatic carbocycles. The zero-order valence-corrected chi connectivity index (χ0v) is 6.15. The molecule has 8 heavy (non-hydrogen) atoms. The molecular formula is C7H15B. The SMILES string of the molecule is BC1CC(C)CC1C. The third kappa shape index (κ3) is 1.07. The number of hydrogen-bond acceptors (Lipinski definition) is 0. The van der Waals surface area contributed by atoms with Gasteiger partial charge in [0.15, 0.2) is 0 Å². The minimum absolute atomic E-state index is 0.991. The van der Waals surface area contributed by atoms with Crippen LogP contribution in [0.1, 0.15) is 26.7 Å². The molecule has 0 bridgehead atoms. The fourth-order valence-corrected chi connectivity index (χ4v) is 1.83. The summed E-state index contributed by atoms with van der Waals surface area (Å²) in [6.45, 7) is 4.73. The average molecular weight is 110 g/mol. The second-order valence-corrected chi connectivity index (χ2v) is 3.53. The van der Waals surface area contributed by atoms with Crippen LogP contribution in [0.2, 0.25) is 5.82 Å². The molecule has 0 nitrogen and oxygen atoms in total. The van der Waals surface area contributed by atoms with Gasteiger partial charge in [-0.05, 0) is 18.3 Å². The highest BCUT2D eigenvalue weighted by Crippen LogP contribution is 2.37. The maximum atomic E-state index is 2.37. The van der Waals surface area contributed by atoms with Crippen molar-refractivity contribution in [3.8, 4) is 0 Å². The standard InChI is InChI=1S/C7H15B/c1-5-3-6(2)7(8)4-5/h5-7H,3-4,8H2,1-2H3. The lowest BCUT2D eigenvalue weighted by molar-refractivity contribution is 0.555. The molecular weight excluding hydrogens is 94.9 g/mol. The monoisotopic (exact) mass is 110 g/mol. The Balaban J connectivity index is 2.39.